The quantitative estimate of drug-likeness (QED) is 0.681. The number of amides is 3. The summed E-state index contributed by atoms with van der Waals surface area (Å²) >= 11 is 1.62. The van der Waals surface area contributed by atoms with Crippen LogP contribution in [0.1, 0.15) is 19.8 Å². The van der Waals surface area contributed by atoms with Gasteiger partial charge < -0.3 is 16.0 Å². The molecule has 0 aliphatic carbocycles. The highest BCUT2D eigenvalue weighted by Gasteiger charge is 2.52. The molecule has 2 saturated heterocycles. The minimum Gasteiger partial charge on any atom is -0.368 e. The Bertz CT molecular complexity index is 387. The van der Waals surface area contributed by atoms with Crippen molar-refractivity contribution in [1.29, 1.82) is 0 Å². The van der Waals surface area contributed by atoms with Crippen LogP contribution < -0.4 is 11.1 Å². The fraction of sp³-hybridized carbons (Fsp3) is 0.700. The van der Waals surface area contributed by atoms with Crippen molar-refractivity contribution in [1.82, 2.24) is 10.2 Å². The molecule has 7 heteroatoms. The zero-order valence-corrected chi connectivity index (χ0v) is 10.4. The number of hydrogen-bond donors (Lipinski definition) is 2. The maximum atomic E-state index is 11.9. The van der Waals surface area contributed by atoms with Crippen molar-refractivity contribution in [2.75, 3.05) is 12.3 Å². The van der Waals surface area contributed by atoms with Gasteiger partial charge in [0, 0.05) is 12.2 Å². The number of carbonyl (C=O) groups is 3. The van der Waals surface area contributed by atoms with Gasteiger partial charge in [-0.15, -0.1) is 11.8 Å². The number of nitrogens with two attached hydrogens (primary N) is 1. The average Bonchev–Trinajstić information content (AvgIpc) is 2.73. The fourth-order valence-corrected chi connectivity index (χ4v) is 3.74. The number of hydrogen-bond acceptors (Lipinski definition) is 4. The lowest BCUT2D eigenvalue weighted by Gasteiger charge is -2.29. The largest absolute Gasteiger partial charge is 0.368 e. The maximum absolute atomic E-state index is 11.9. The predicted molar refractivity (Wildman–Crippen MR) is 62.9 cm³/mol. The molecule has 2 unspecified atom stereocenters. The lowest BCUT2D eigenvalue weighted by molar-refractivity contribution is -0.138. The molecular formula is C10H15N3O3S. The second kappa shape index (κ2) is 4.21. The first-order chi connectivity index (χ1) is 7.94. The van der Waals surface area contributed by atoms with Gasteiger partial charge in [-0.25, -0.2) is 0 Å². The minimum atomic E-state index is -0.584. The first-order valence-corrected chi connectivity index (χ1v) is 6.45. The summed E-state index contributed by atoms with van der Waals surface area (Å²) in [6.45, 7) is 1.79. The molecule has 2 aliphatic heterocycles. The second-order valence-corrected chi connectivity index (χ2v) is 5.95. The summed E-state index contributed by atoms with van der Waals surface area (Å²) in [6, 6.07) is -0.473. The molecule has 2 rings (SSSR count). The van der Waals surface area contributed by atoms with E-state index in [0.717, 1.165) is 6.42 Å². The Kier molecular flexibility index (Phi) is 3.03. The first kappa shape index (κ1) is 12.2. The van der Waals surface area contributed by atoms with Crippen molar-refractivity contribution in [2.45, 2.75) is 30.7 Å². The number of nitrogens with one attached hydrogen (secondary N) is 1. The van der Waals surface area contributed by atoms with Crippen molar-refractivity contribution >= 4 is 29.5 Å². The first-order valence-electron chi connectivity index (χ1n) is 5.46. The molecule has 0 bridgehead atoms. The van der Waals surface area contributed by atoms with Crippen LogP contribution >= 0.6 is 11.8 Å². The van der Waals surface area contributed by atoms with Crippen LogP contribution in [0.5, 0.6) is 0 Å². The van der Waals surface area contributed by atoms with Gasteiger partial charge in [0.05, 0.1) is 11.4 Å². The third-order valence-corrected chi connectivity index (χ3v) is 4.69. The molecule has 0 aromatic heterocycles. The van der Waals surface area contributed by atoms with E-state index in [0.29, 0.717) is 12.2 Å². The van der Waals surface area contributed by atoms with Crippen molar-refractivity contribution in [2.24, 2.45) is 5.73 Å². The monoisotopic (exact) mass is 257 g/mol. The van der Waals surface area contributed by atoms with Gasteiger partial charge in [-0.1, -0.05) is 0 Å². The molecule has 2 atom stereocenters. The molecule has 0 aromatic rings. The highest BCUT2D eigenvalue weighted by Crippen LogP contribution is 2.47. The van der Waals surface area contributed by atoms with Gasteiger partial charge in [0.15, 0.2) is 0 Å². The summed E-state index contributed by atoms with van der Waals surface area (Å²) in [5.41, 5.74) is 4.96. The molecule has 17 heavy (non-hydrogen) atoms. The Balaban J connectivity index is 2.05. The van der Waals surface area contributed by atoms with Crippen LogP contribution in [-0.2, 0) is 14.4 Å². The third kappa shape index (κ3) is 2.11. The molecule has 3 amide bonds. The Hall–Kier alpha value is -1.24. The van der Waals surface area contributed by atoms with Crippen LogP contribution in [0.2, 0.25) is 0 Å². The van der Waals surface area contributed by atoms with Crippen LogP contribution in [0.3, 0.4) is 0 Å². The van der Waals surface area contributed by atoms with E-state index in [2.05, 4.69) is 5.32 Å². The topological polar surface area (TPSA) is 92.5 Å². The number of thioether (sulfide) groups is 1. The lowest BCUT2D eigenvalue weighted by atomic mass is 10.2. The van der Waals surface area contributed by atoms with E-state index in [1.54, 1.807) is 16.7 Å². The number of primary amides is 1. The maximum Gasteiger partial charge on any atom is 0.244 e. The van der Waals surface area contributed by atoms with Gasteiger partial charge >= 0.3 is 0 Å². The molecule has 2 aliphatic rings. The van der Waals surface area contributed by atoms with Crippen LogP contribution in [0, 0.1) is 0 Å². The highest BCUT2D eigenvalue weighted by molar-refractivity contribution is 8.01. The summed E-state index contributed by atoms with van der Waals surface area (Å²) in [4.78, 5) is 35.6. The van der Waals surface area contributed by atoms with Gasteiger partial charge in [0.2, 0.25) is 17.7 Å². The smallest absolute Gasteiger partial charge is 0.244 e. The van der Waals surface area contributed by atoms with Crippen molar-refractivity contribution in [3.05, 3.63) is 0 Å². The second-order valence-electron chi connectivity index (χ2n) is 4.45. The van der Waals surface area contributed by atoms with Crippen LogP contribution in [-0.4, -0.2) is 45.8 Å². The Morgan fingerprint density at radius 2 is 2.35 bits per heavy atom. The molecular weight excluding hydrogens is 242 g/mol. The minimum absolute atomic E-state index is 0.0109. The van der Waals surface area contributed by atoms with Gasteiger partial charge in [-0.05, 0) is 13.3 Å². The zero-order valence-electron chi connectivity index (χ0n) is 9.56. The molecule has 0 saturated carbocycles. The average molecular weight is 257 g/mol. The Labute approximate surface area is 103 Å². The standard InChI is InChI=1S/C10H15N3O3S/c1-10-3-2-8(15)13(10)6(5-17-10)9(16)12-4-7(11)14/h6H,2-5H2,1H3,(H2,11,14)(H,12,16). The molecule has 0 spiro atoms. The molecule has 94 valence electrons. The van der Waals surface area contributed by atoms with Gasteiger partial charge in [-0.3, -0.25) is 14.4 Å². The molecule has 2 fully saturated rings. The van der Waals surface area contributed by atoms with E-state index in [4.69, 9.17) is 5.73 Å². The van der Waals surface area contributed by atoms with Crippen LogP contribution in [0.25, 0.3) is 0 Å². The molecule has 2 heterocycles. The number of fused-ring (bicyclic) bond motifs is 1. The van der Waals surface area contributed by atoms with E-state index in [-0.39, 0.29) is 23.2 Å². The van der Waals surface area contributed by atoms with E-state index in [9.17, 15) is 14.4 Å². The Morgan fingerprint density at radius 1 is 1.65 bits per heavy atom. The summed E-state index contributed by atoms with van der Waals surface area (Å²) in [5, 5.41) is 2.45. The van der Waals surface area contributed by atoms with E-state index < -0.39 is 11.9 Å². The number of rotatable bonds is 3. The predicted octanol–water partition coefficient (Wildman–Crippen LogP) is -0.958. The van der Waals surface area contributed by atoms with E-state index in [1.807, 2.05) is 6.92 Å². The van der Waals surface area contributed by atoms with Gasteiger partial charge in [0.25, 0.3) is 0 Å². The van der Waals surface area contributed by atoms with E-state index >= 15 is 0 Å². The molecule has 6 nitrogen and oxygen atoms in total. The van der Waals surface area contributed by atoms with E-state index in [1.165, 1.54) is 0 Å². The van der Waals surface area contributed by atoms with Gasteiger partial charge in [-0.2, -0.15) is 0 Å². The van der Waals surface area contributed by atoms with Crippen LogP contribution in [0.4, 0.5) is 0 Å². The normalized spacial score (nSPS) is 31.5. The molecule has 0 aromatic carbocycles. The molecule has 3 N–H and O–H groups in total. The summed E-state index contributed by atoms with van der Waals surface area (Å²) in [5.74, 6) is -0.293. The van der Waals surface area contributed by atoms with Crippen LogP contribution in [0.15, 0.2) is 0 Å². The van der Waals surface area contributed by atoms with Crippen molar-refractivity contribution in [3.8, 4) is 0 Å². The van der Waals surface area contributed by atoms with Crippen molar-refractivity contribution < 1.29 is 14.4 Å². The SMILES string of the molecule is CC12CCC(=O)N1C(C(=O)NCC(N)=O)CS2. The van der Waals surface area contributed by atoms with Crippen molar-refractivity contribution in [3.63, 3.8) is 0 Å². The summed E-state index contributed by atoms with van der Waals surface area (Å²) in [6.07, 6.45) is 1.26. The zero-order chi connectivity index (χ0) is 12.6. The fourth-order valence-electron chi connectivity index (χ4n) is 2.31. The summed E-state index contributed by atoms with van der Waals surface area (Å²) < 4.78 is 0. The summed E-state index contributed by atoms with van der Waals surface area (Å²) in [7, 11) is 0. The Morgan fingerprint density at radius 3 is 3.00 bits per heavy atom. The number of nitrogens with zero attached hydrogens (tertiary/aromatic N) is 1. The molecule has 0 radical (unpaired) electrons. The third-order valence-electron chi connectivity index (χ3n) is 3.18. The lowest BCUT2D eigenvalue weighted by Crippen LogP contribution is -2.51. The highest BCUT2D eigenvalue weighted by atomic mass is 32.2. The van der Waals surface area contributed by atoms with Gasteiger partial charge in [0.1, 0.15) is 6.04 Å². The number of carbonyl (C=O) groups excluding carboxylic acids is 3.